The highest BCUT2D eigenvalue weighted by molar-refractivity contribution is 7.89. The minimum Gasteiger partial charge on any atom is -0.486 e. The highest BCUT2D eigenvalue weighted by Gasteiger charge is 2.23. The number of benzene rings is 2. The van der Waals surface area contributed by atoms with E-state index in [4.69, 9.17) is 9.47 Å². The summed E-state index contributed by atoms with van der Waals surface area (Å²) in [5, 5.41) is 3.02. The minimum atomic E-state index is -3.62. The molecule has 1 N–H and O–H groups in total. The number of amides is 1. The van der Waals surface area contributed by atoms with Gasteiger partial charge in [-0.1, -0.05) is 26.0 Å². The number of hydrogen-bond donors (Lipinski definition) is 1. The van der Waals surface area contributed by atoms with Gasteiger partial charge in [0.1, 0.15) is 13.2 Å². The SMILES string of the molecule is CC(C)[C@@H](NC(=O)c1cccc(S(=O)(=O)N(C)C)c1)c1ccc2c(c1)OCCO2. The third-order valence-corrected chi connectivity index (χ3v) is 6.56. The Bertz CT molecular complexity index is 1000. The molecule has 3 rings (SSSR count). The Labute approximate surface area is 171 Å². The van der Waals surface area contributed by atoms with Crippen molar-refractivity contribution in [2.45, 2.75) is 24.8 Å². The summed E-state index contributed by atoms with van der Waals surface area (Å²) in [6.07, 6.45) is 0. The maximum Gasteiger partial charge on any atom is 0.251 e. The van der Waals surface area contributed by atoms with Gasteiger partial charge >= 0.3 is 0 Å². The molecule has 1 heterocycles. The van der Waals surface area contributed by atoms with Crippen molar-refractivity contribution in [3.8, 4) is 11.5 Å². The van der Waals surface area contributed by atoms with Gasteiger partial charge in [0.15, 0.2) is 11.5 Å². The van der Waals surface area contributed by atoms with E-state index in [-0.39, 0.29) is 28.3 Å². The summed E-state index contributed by atoms with van der Waals surface area (Å²) in [4.78, 5) is 13.0. The number of fused-ring (bicyclic) bond motifs is 1. The molecular formula is C21H26N2O5S. The van der Waals surface area contributed by atoms with Crippen LogP contribution >= 0.6 is 0 Å². The molecule has 0 radical (unpaired) electrons. The summed E-state index contributed by atoms with van der Waals surface area (Å²) in [6, 6.07) is 11.4. The second kappa shape index (κ2) is 8.42. The molecule has 0 saturated carbocycles. The fourth-order valence-corrected chi connectivity index (χ4v) is 4.07. The predicted molar refractivity (Wildman–Crippen MR) is 110 cm³/mol. The number of rotatable bonds is 6. The van der Waals surface area contributed by atoms with Crippen LogP contribution in [0.2, 0.25) is 0 Å². The van der Waals surface area contributed by atoms with Crippen LogP contribution in [0.3, 0.4) is 0 Å². The lowest BCUT2D eigenvalue weighted by Gasteiger charge is -2.25. The van der Waals surface area contributed by atoms with Crippen molar-refractivity contribution in [2.75, 3.05) is 27.3 Å². The van der Waals surface area contributed by atoms with Crippen molar-refractivity contribution < 1.29 is 22.7 Å². The van der Waals surface area contributed by atoms with Gasteiger partial charge in [-0.05, 0) is 41.8 Å². The molecule has 0 saturated heterocycles. The molecule has 7 nitrogen and oxygen atoms in total. The Morgan fingerprint density at radius 2 is 1.72 bits per heavy atom. The lowest BCUT2D eigenvalue weighted by molar-refractivity contribution is 0.0925. The van der Waals surface area contributed by atoms with E-state index in [1.165, 1.54) is 26.2 Å². The highest BCUT2D eigenvalue weighted by atomic mass is 32.2. The van der Waals surface area contributed by atoms with Gasteiger partial charge in [-0.25, -0.2) is 12.7 Å². The fourth-order valence-electron chi connectivity index (χ4n) is 3.12. The van der Waals surface area contributed by atoms with Gasteiger partial charge in [-0.2, -0.15) is 0 Å². The number of nitrogens with one attached hydrogen (secondary N) is 1. The standard InChI is InChI=1S/C21H26N2O5S/c1-14(2)20(15-8-9-18-19(13-15)28-11-10-27-18)22-21(24)16-6-5-7-17(12-16)29(25,26)23(3)4/h5-9,12-14,20H,10-11H2,1-4H3,(H,22,24)/t20-/m1/s1. The first-order valence-electron chi connectivity index (χ1n) is 9.43. The Balaban J connectivity index is 1.86. The van der Waals surface area contributed by atoms with E-state index in [9.17, 15) is 13.2 Å². The molecule has 2 aromatic carbocycles. The average Bonchev–Trinajstić information content (AvgIpc) is 2.71. The van der Waals surface area contributed by atoms with Gasteiger partial charge in [-0.3, -0.25) is 4.79 Å². The quantitative estimate of drug-likeness (QED) is 0.780. The molecule has 1 atom stereocenters. The fraction of sp³-hybridized carbons (Fsp3) is 0.381. The van der Waals surface area contributed by atoms with Crippen LogP contribution in [0.4, 0.5) is 0 Å². The van der Waals surface area contributed by atoms with Crippen LogP contribution in [0.15, 0.2) is 47.4 Å². The van der Waals surface area contributed by atoms with E-state index in [1.807, 2.05) is 32.0 Å². The largest absolute Gasteiger partial charge is 0.486 e. The van der Waals surface area contributed by atoms with Crippen LogP contribution in [0, 0.1) is 5.92 Å². The zero-order valence-electron chi connectivity index (χ0n) is 17.0. The molecule has 0 aliphatic carbocycles. The molecule has 0 unspecified atom stereocenters. The van der Waals surface area contributed by atoms with Gasteiger partial charge in [-0.15, -0.1) is 0 Å². The maximum atomic E-state index is 12.9. The second-order valence-electron chi connectivity index (χ2n) is 7.41. The second-order valence-corrected chi connectivity index (χ2v) is 9.57. The lowest BCUT2D eigenvalue weighted by Crippen LogP contribution is -2.32. The Morgan fingerprint density at radius 1 is 1.03 bits per heavy atom. The third kappa shape index (κ3) is 4.54. The first-order chi connectivity index (χ1) is 13.7. The topological polar surface area (TPSA) is 84.9 Å². The predicted octanol–water partition coefficient (Wildman–Crippen LogP) is 2.84. The molecule has 2 aromatic rings. The van der Waals surface area contributed by atoms with Crippen molar-refractivity contribution in [2.24, 2.45) is 5.92 Å². The van der Waals surface area contributed by atoms with Crippen molar-refractivity contribution >= 4 is 15.9 Å². The van der Waals surface area contributed by atoms with E-state index >= 15 is 0 Å². The van der Waals surface area contributed by atoms with Crippen molar-refractivity contribution in [3.63, 3.8) is 0 Å². The van der Waals surface area contributed by atoms with Crippen LogP contribution < -0.4 is 14.8 Å². The Hall–Kier alpha value is -2.58. The van der Waals surface area contributed by atoms with Crippen molar-refractivity contribution in [3.05, 3.63) is 53.6 Å². The van der Waals surface area contributed by atoms with Crippen LogP contribution in [0.1, 0.15) is 35.8 Å². The molecule has 8 heteroatoms. The molecule has 29 heavy (non-hydrogen) atoms. The molecule has 0 aromatic heterocycles. The van der Waals surface area contributed by atoms with E-state index < -0.39 is 10.0 Å². The van der Waals surface area contributed by atoms with Crippen LogP contribution in [0.25, 0.3) is 0 Å². The number of carbonyl (C=O) groups is 1. The van der Waals surface area contributed by atoms with Gasteiger partial charge in [0.05, 0.1) is 10.9 Å². The number of ether oxygens (including phenoxy) is 2. The van der Waals surface area contributed by atoms with Crippen LogP contribution in [-0.2, 0) is 10.0 Å². The van der Waals surface area contributed by atoms with Gasteiger partial charge < -0.3 is 14.8 Å². The summed E-state index contributed by atoms with van der Waals surface area (Å²) < 4.78 is 37.1. The lowest BCUT2D eigenvalue weighted by atomic mass is 9.95. The molecule has 0 spiro atoms. The van der Waals surface area contributed by atoms with Crippen molar-refractivity contribution in [1.29, 1.82) is 0 Å². The van der Waals surface area contributed by atoms with E-state index in [0.29, 0.717) is 24.7 Å². The number of hydrogen-bond acceptors (Lipinski definition) is 5. The van der Waals surface area contributed by atoms with Gasteiger partial charge in [0.25, 0.3) is 5.91 Å². The van der Waals surface area contributed by atoms with Gasteiger partial charge in [0, 0.05) is 19.7 Å². The number of nitrogens with zero attached hydrogens (tertiary/aromatic N) is 1. The summed E-state index contributed by atoms with van der Waals surface area (Å²) in [5.41, 5.74) is 1.19. The molecule has 156 valence electrons. The normalized spacial score (nSPS) is 14.7. The molecule has 0 fully saturated rings. The van der Waals surface area contributed by atoms with Crippen LogP contribution in [-0.4, -0.2) is 45.9 Å². The molecule has 1 aliphatic rings. The average molecular weight is 419 g/mol. The molecule has 1 aliphatic heterocycles. The molecule has 1 amide bonds. The Kier molecular flexibility index (Phi) is 6.14. The summed E-state index contributed by atoms with van der Waals surface area (Å²) >= 11 is 0. The first kappa shape index (κ1) is 21.1. The molecule has 0 bridgehead atoms. The summed E-state index contributed by atoms with van der Waals surface area (Å²) in [7, 11) is -0.703. The number of sulfonamides is 1. The molecular weight excluding hydrogens is 392 g/mol. The van der Waals surface area contributed by atoms with Gasteiger partial charge in [0.2, 0.25) is 10.0 Å². The Morgan fingerprint density at radius 3 is 2.38 bits per heavy atom. The number of carbonyl (C=O) groups excluding carboxylic acids is 1. The smallest absolute Gasteiger partial charge is 0.251 e. The summed E-state index contributed by atoms with van der Waals surface area (Å²) in [5.74, 6) is 1.12. The maximum absolute atomic E-state index is 12.9. The highest BCUT2D eigenvalue weighted by Crippen LogP contribution is 2.34. The van der Waals surface area contributed by atoms with E-state index in [0.717, 1.165) is 9.87 Å². The minimum absolute atomic E-state index is 0.0792. The van der Waals surface area contributed by atoms with E-state index in [2.05, 4.69) is 5.32 Å². The summed E-state index contributed by atoms with van der Waals surface area (Å²) in [6.45, 7) is 5.02. The zero-order valence-corrected chi connectivity index (χ0v) is 17.8. The first-order valence-corrected chi connectivity index (χ1v) is 10.9. The van der Waals surface area contributed by atoms with Crippen LogP contribution in [0.5, 0.6) is 11.5 Å². The van der Waals surface area contributed by atoms with E-state index in [1.54, 1.807) is 12.1 Å². The third-order valence-electron chi connectivity index (χ3n) is 4.75. The monoisotopic (exact) mass is 418 g/mol. The zero-order chi connectivity index (χ0) is 21.2. The van der Waals surface area contributed by atoms with Crippen molar-refractivity contribution in [1.82, 2.24) is 9.62 Å².